The monoisotopic (exact) mass is 465 g/mol. The number of nitrogens with one attached hydrogen (secondary N) is 1. The molecule has 0 heterocycles. The molecule has 0 aliphatic heterocycles. The van der Waals surface area contributed by atoms with Crippen molar-refractivity contribution >= 4 is 5.57 Å². The van der Waals surface area contributed by atoms with Gasteiger partial charge in [0, 0.05) is 19.2 Å². The Hall–Kier alpha value is -1.90. The quantitative estimate of drug-likeness (QED) is 0.410. The minimum atomic E-state index is 0.119. The third kappa shape index (κ3) is 6.61. The van der Waals surface area contributed by atoms with E-state index in [9.17, 15) is 0 Å². The number of hydrogen-bond acceptors (Lipinski definition) is 2. The third-order valence-electron chi connectivity index (χ3n) is 8.38. The summed E-state index contributed by atoms with van der Waals surface area (Å²) < 4.78 is 0. The lowest BCUT2D eigenvalue weighted by Crippen LogP contribution is -2.71. The van der Waals surface area contributed by atoms with E-state index < -0.39 is 0 Å². The smallest absolute Gasteiger partial charge is 0.0319 e. The van der Waals surface area contributed by atoms with Crippen LogP contribution in [0.3, 0.4) is 0 Å². The van der Waals surface area contributed by atoms with Gasteiger partial charge in [-0.05, 0) is 72.1 Å². The zero-order valence-electron chi connectivity index (χ0n) is 23.6. The van der Waals surface area contributed by atoms with Crippen LogP contribution in [0.5, 0.6) is 0 Å². The first kappa shape index (κ1) is 30.1. The van der Waals surface area contributed by atoms with Crippen LogP contribution in [0.25, 0.3) is 5.57 Å². The number of benzene rings is 2. The average molecular weight is 466 g/mol. The molecule has 34 heavy (non-hydrogen) atoms. The number of rotatable bonds is 8. The topological polar surface area (TPSA) is 32.3 Å². The minimum absolute atomic E-state index is 0.119. The molecule has 2 aromatic carbocycles. The molecule has 0 spiro atoms. The standard InChI is InChI=1S/C29H41N.C2H6.CH4O/c1-9-21(3)25-14-16-26(17-15-25)22(4)18-27-28(6,7)23(5)29(27,8)30-19-24-12-10-20(2)11-13-24;2*1-2/h10-17,21,23,27,30H,4,9,18-19H2,1-3,5-8H3;1-2H3;2H,1H3. The summed E-state index contributed by atoms with van der Waals surface area (Å²) in [5, 5.41) is 10.9. The Morgan fingerprint density at radius 2 is 1.53 bits per heavy atom. The van der Waals surface area contributed by atoms with Gasteiger partial charge in [0.2, 0.25) is 0 Å². The van der Waals surface area contributed by atoms with E-state index in [0.717, 1.165) is 20.1 Å². The summed E-state index contributed by atoms with van der Waals surface area (Å²) in [4.78, 5) is 0. The normalized spacial score (nSPS) is 23.4. The van der Waals surface area contributed by atoms with Crippen LogP contribution in [-0.2, 0) is 6.54 Å². The van der Waals surface area contributed by atoms with E-state index in [4.69, 9.17) is 5.11 Å². The molecule has 2 N–H and O–H groups in total. The van der Waals surface area contributed by atoms with Gasteiger partial charge in [0.1, 0.15) is 0 Å². The lowest BCUT2D eigenvalue weighted by Gasteiger charge is -2.65. The molecule has 1 saturated carbocycles. The zero-order valence-corrected chi connectivity index (χ0v) is 23.6. The Morgan fingerprint density at radius 1 is 1.00 bits per heavy atom. The fraction of sp³-hybridized carbons (Fsp3) is 0.562. The highest BCUT2D eigenvalue weighted by Crippen LogP contribution is 2.60. The molecule has 0 saturated heterocycles. The maximum absolute atomic E-state index is 7.00. The van der Waals surface area contributed by atoms with Crippen molar-refractivity contribution in [1.29, 1.82) is 0 Å². The predicted molar refractivity (Wildman–Crippen MR) is 151 cm³/mol. The summed E-state index contributed by atoms with van der Waals surface area (Å²) in [5.74, 6) is 1.79. The first-order chi connectivity index (χ1) is 16.1. The van der Waals surface area contributed by atoms with Crippen molar-refractivity contribution in [3.8, 4) is 0 Å². The molecule has 0 amide bonds. The second-order valence-electron chi connectivity index (χ2n) is 10.5. The van der Waals surface area contributed by atoms with Crippen LogP contribution in [0, 0.1) is 24.2 Å². The van der Waals surface area contributed by atoms with Crippen molar-refractivity contribution in [2.75, 3.05) is 7.11 Å². The van der Waals surface area contributed by atoms with Crippen molar-refractivity contribution < 1.29 is 5.11 Å². The van der Waals surface area contributed by atoms with Crippen molar-refractivity contribution in [3.05, 3.63) is 77.4 Å². The second-order valence-corrected chi connectivity index (χ2v) is 10.5. The van der Waals surface area contributed by atoms with Crippen LogP contribution in [-0.4, -0.2) is 17.8 Å². The van der Waals surface area contributed by atoms with Gasteiger partial charge in [0.15, 0.2) is 0 Å². The lowest BCUT2D eigenvalue weighted by molar-refractivity contribution is -0.119. The molecular formula is C32H51NO. The van der Waals surface area contributed by atoms with Crippen LogP contribution in [0.15, 0.2) is 55.1 Å². The molecule has 2 heteroatoms. The average Bonchev–Trinajstić information content (AvgIpc) is 2.88. The molecule has 2 nitrogen and oxygen atoms in total. The Balaban J connectivity index is 0.00000137. The SMILES string of the molecule is C=C(CC1C(C)(C)C(C)C1(C)NCc1ccc(C)cc1)c1ccc(C(C)CC)cc1.CC.CO. The van der Waals surface area contributed by atoms with Gasteiger partial charge in [-0.25, -0.2) is 0 Å². The molecule has 4 unspecified atom stereocenters. The highest BCUT2D eigenvalue weighted by molar-refractivity contribution is 5.64. The summed E-state index contributed by atoms with van der Waals surface area (Å²) >= 11 is 0. The number of hydrogen-bond donors (Lipinski definition) is 2. The predicted octanol–water partition coefficient (Wildman–Crippen LogP) is 8.39. The van der Waals surface area contributed by atoms with Crippen molar-refractivity contribution in [2.24, 2.45) is 17.3 Å². The molecule has 1 aliphatic carbocycles. The highest BCUT2D eigenvalue weighted by atomic mass is 16.2. The number of allylic oxidation sites excluding steroid dienone is 1. The van der Waals surface area contributed by atoms with E-state index >= 15 is 0 Å². The van der Waals surface area contributed by atoms with Gasteiger partial charge >= 0.3 is 0 Å². The number of aryl methyl sites for hydroxylation is 1. The minimum Gasteiger partial charge on any atom is -0.400 e. The van der Waals surface area contributed by atoms with Crippen LogP contribution < -0.4 is 5.32 Å². The summed E-state index contributed by atoms with van der Waals surface area (Å²) in [6.45, 7) is 25.8. The first-order valence-corrected chi connectivity index (χ1v) is 13.1. The summed E-state index contributed by atoms with van der Waals surface area (Å²) in [6, 6.07) is 18.0. The van der Waals surface area contributed by atoms with Gasteiger partial charge in [0.05, 0.1) is 0 Å². The van der Waals surface area contributed by atoms with Gasteiger partial charge in [0.25, 0.3) is 0 Å². The Kier molecular flexibility index (Phi) is 11.7. The van der Waals surface area contributed by atoms with Crippen LogP contribution in [0.2, 0.25) is 0 Å². The number of aliphatic hydroxyl groups is 1. The van der Waals surface area contributed by atoms with Crippen LogP contribution >= 0.6 is 0 Å². The number of aliphatic hydroxyl groups excluding tert-OH is 1. The molecule has 190 valence electrons. The van der Waals surface area contributed by atoms with E-state index in [0.29, 0.717) is 23.2 Å². The molecule has 0 bridgehead atoms. The van der Waals surface area contributed by atoms with Crippen LogP contribution in [0.4, 0.5) is 0 Å². The van der Waals surface area contributed by atoms with Crippen LogP contribution in [0.1, 0.15) is 96.4 Å². The van der Waals surface area contributed by atoms with E-state index in [2.05, 4.69) is 109 Å². The van der Waals surface area contributed by atoms with E-state index in [1.54, 1.807) is 0 Å². The molecule has 2 aromatic rings. The van der Waals surface area contributed by atoms with Gasteiger partial charge in [-0.1, -0.05) is 109 Å². The van der Waals surface area contributed by atoms with Crippen molar-refractivity contribution in [1.82, 2.24) is 5.32 Å². The second kappa shape index (κ2) is 13.3. The van der Waals surface area contributed by atoms with Gasteiger partial charge < -0.3 is 10.4 Å². The Labute approximate surface area is 210 Å². The van der Waals surface area contributed by atoms with Gasteiger partial charge in [-0.3, -0.25) is 0 Å². The van der Waals surface area contributed by atoms with Gasteiger partial charge in [-0.15, -0.1) is 0 Å². The zero-order chi connectivity index (χ0) is 26.1. The molecule has 0 aromatic heterocycles. The fourth-order valence-electron chi connectivity index (χ4n) is 5.45. The molecule has 1 aliphatic rings. The third-order valence-corrected chi connectivity index (χ3v) is 8.38. The molecule has 1 fully saturated rings. The van der Waals surface area contributed by atoms with Crippen molar-refractivity contribution in [2.45, 2.75) is 93.2 Å². The molecule has 4 atom stereocenters. The van der Waals surface area contributed by atoms with E-state index in [1.807, 2.05) is 13.8 Å². The molecular weight excluding hydrogens is 414 g/mol. The van der Waals surface area contributed by atoms with Gasteiger partial charge in [-0.2, -0.15) is 0 Å². The summed E-state index contributed by atoms with van der Waals surface area (Å²) in [5.41, 5.74) is 7.07. The Bertz CT molecular complexity index is 865. The Morgan fingerprint density at radius 3 is 2.03 bits per heavy atom. The largest absolute Gasteiger partial charge is 0.400 e. The summed E-state index contributed by atoms with van der Waals surface area (Å²) in [6.07, 6.45) is 2.22. The highest BCUT2D eigenvalue weighted by Gasteiger charge is 2.61. The van der Waals surface area contributed by atoms with Crippen molar-refractivity contribution in [3.63, 3.8) is 0 Å². The first-order valence-electron chi connectivity index (χ1n) is 13.1. The molecule has 3 rings (SSSR count). The molecule has 0 radical (unpaired) electrons. The fourth-order valence-corrected chi connectivity index (χ4v) is 5.45. The van der Waals surface area contributed by atoms with E-state index in [1.165, 1.54) is 34.2 Å². The maximum atomic E-state index is 7.00. The van der Waals surface area contributed by atoms with E-state index in [-0.39, 0.29) is 5.54 Å². The maximum Gasteiger partial charge on any atom is 0.0319 e. The summed E-state index contributed by atoms with van der Waals surface area (Å²) in [7, 11) is 1.00. The lowest BCUT2D eigenvalue weighted by atomic mass is 9.43.